The van der Waals surface area contributed by atoms with Crippen LogP contribution in [0.5, 0.6) is 0 Å². The molecule has 2 aromatic heterocycles. The molecular formula is C10H11ClN2. The van der Waals surface area contributed by atoms with E-state index in [1.165, 1.54) is 0 Å². The number of hydrogen-bond donors (Lipinski definition) is 0. The normalized spacial score (nSPS) is 10.9. The first-order valence-corrected chi connectivity index (χ1v) is 4.81. The second kappa shape index (κ2) is 3.38. The zero-order chi connectivity index (χ0) is 9.26. The van der Waals surface area contributed by atoms with E-state index >= 15 is 0 Å². The first-order chi connectivity index (χ1) is 6.31. The third-order valence-electron chi connectivity index (χ3n) is 1.99. The lowest BCUT2D eigenvalue weighted by Crippen LogP contribution is -1.80. The highest BCUT2D eigenvalue weighted by Gasteiger charge is 2.02. The molecule has 2 nitrogen and oxygen atoms in total. The summed E-state index contributed by atoms with van der Waals surface area (Å²) in [5.41, 5.74) is 1.96. The van der Waals surface area contributed by atoms with E-state index in [1.807, 2.05) is 28.9 Å². The number of rotatable bonds is 2. The summed E-state index contributed by atoms with van der Waals surface area (Å²) in [4.78, 5) is 4.43. The van der Waals surface area contributed by atoms with Crippen LogP contribution in [0.1, 0.15) is 19.0 Å². The fourth-order valence-electron chi connectivity index (χ4n) is 1.41. The monoisotopic (exact) mass is 194 g/mol. The zero-order valence-corrected chi connectivity index (χ0v) is 8.25. The summed E-state index contributed by atoms with van der Waals surface area (Å²) in [6.07, 6.45) is 6.12. The molecule has 0 saturated heterocycles. The molecule has 0 aliphatic rings. The summed E-state index contributed by atoms with van der Waals surface area (Å²) in [7, 11) is 0. The van der Waals surface area contributed by atoms with Crippen molar-refractivity contribution in [2.24, 2.45) is 0 Å². The Hall–Kier alpha value is -1.02. The lowest BCUT2D eigenvalue weighted by molar-refractivity contribution is 0.894. The van der Waals surface area contributed by atoms with Crippen LogP contribution in [0.2, 0.25) is 5.02 Å². The molecule has 0 fully saturated rings. The van der Waals surface area contributed by atoms with Gasteiger partial charge in [0.1, 0.15) is 0 Å². The van der Waals surface area contributed by atoms with Crippen molar-refractivity contribution in [2.45, 2.75) is 19.8 Å². The summed E-state index contributed by atoms with van der Waals surface area (Å²) in [6, 6.07) is 3.78. The van der Waals surface area contributed by atoms with Gasteiger partial charge < -0.3 is 4.40 Å². The maximum atomic E-state index is 5.99. The van der Waals surface area contributed by atoms with Crippen molar-refractivity contribution in [3.8, 4) is 0 Å². The lowest BCUT2D eigenvalue weighted by atomic mass is 10.3. The van der Waals surface area contributed by atoms with Crippen LogP contribution >= 0.6 is 11.6 Å². The highest BCUT2D eigenvalue weighted by molar-refractivity contribution is 6.33. The zero-order valence-electron chi connectivity index (χ0n) is 7.50. The van der Waals surface area contributed by atoms with E-state index in [0.29, 0.717) is 5.02 Å². The van der Waals surface area contributed by atoms with Crippen LogP contribution in [0.3, 0.4) is 0 Å². The Balaban J connectivity index is 2.55. The van der Waals surface area contributed by atoms with Gasteiger partial charge in [0, 0.05) is 12.4 Å². The molecule has 0 aliphatic carbocycles. The Morgan fingerprint density at radius 3 is 3.08 bits per heavy atom. The van der Waals surface area contributed by atoms with E-state index in [9.17, 15) is 0 Å². The van der Waals surface area contributed by atoms with Gasteiger partial charge in [-0.25, -0.2) is 4.98 Å². The smallest absolute Gasteiger partial charge is 0.155 e. The first kappa shape index (κ1) is 8.57. The van der Waals surface area contributed by atoms with Gasteiger partial charge in [-0.1, -0.05) is 24.9 Å². The van der Waals surface area contributed by atoms with Crippen LogP contribution in [0.15, 0.2) is 24.5 Å². The van der Waals surface area contributed by atoms with Crippen LogP contribution in [0.4, 0.5) is 0 Å². The third-order valence-corrected chi connectivity index (χ3v) is 2.29. The number of aryl methyl sites for hydroxylation is 1. The predicted molar refractivity (Wildman–Crippen MR) is 54.2 cm³/mol. The van der Waals surface area contributed by atoms with Crippen LogP contribution in [0, 0.1) is 0 Å². The number of imidazole rings is 1. The Morgan fingerprint density at radius 2 is 2.38 bits per heavy atom. The Kier molecular flexibility index (Phi) is 2.23. The van der Waals surface area contributed by atoms with Crippen LogP contribution in [0.25, 0.3) is 5.65 Å². The molecule has 13 heavy (non-hydrogen) atoms. The van der Waals surface area contributed by atoms with Crippen molar-refractivity contribution < 1.29 is 0 Å². The second-order valence-electron chi connectivity index (χ2n) is 3.07. The number of nitrogens with zero attached hydrogens (tertiary/aromatic N) is 2. The molecule has 0 aliphatic heterocycles. The van der Waals surface area contributed by atoms with E-state index < -0.39 is 0 Å². The average molecular weight is 195 g/mol. The molecule has 0 spiro atoms. The largest absolute Gasteiger partial charge is 0.306 e. The van der Waals surface area contributed by atoms with Crippen molar-refractivity contribution in [1.82, 2.24) is 9.38 Å². The quantitative estimate of drug-likeness (QED) is 0.719. The average Bonchev–Trinajstić information content (AvgIpc) is 2.49. The summed E-state index contributed by atoms with van der Waals surface area (Å²) < 4.78 is 1.97. The van der Waals surface area contributed by atoms with Gasteiger partial charge in [0.2, 0.25) is 0 Å². The van der Waals surface area contributed by atoms with Gasteiger partial charge in [0.15, 0.2) is 5.65 Å². The fraction of sp³-hybridized carbons (Fsp3) is 0.300. The van der Waals surface area contributed by atoms with Gasteiger partial charge in [0.05, 0.1) is 10.7 Å². The standard InChI is InChI=1S/C10H11ClN2/c1-2-4-8-7-13-6-3-5-9(11)10(13)12-8/h3,5-7H,2,4H2,1H3. The third kappa shape index (κ3) is 1.54. The van der Waals surface area contributed by atoms with Gasteiger partial charge in [-0.2, -0.15) is 0 Å². The van der Waals surface area contributed by atoms with Gasteiger partial charge in [0.25, 0.3) is 0 Å². The van der Waals surface area contributed by atoms with E-state index in [0.717, 1.165) is 24.2 Å². The highest BCUT2D eigenvalue weighted by Crippen LogP contribution is 2.16. The summed E-state index contributed by atoms with van der Waals surface area (Å²) in [5, 5.41) is 0.713. The maximum Gasteiger partial charge on any atom is 0.155 e. The molecule has 2 aromatic rings. The number of fused-ring (bicyclic) bond motifs is 1. The van der Waals surface area contributed by atoms with Crippen LogP contribution < -0.4 is 0 Å². The van der Waals surface area contributed by atoms with Gasteiger partial charge in [-0.15, -0.1) is 0 Å². The molecule has 0 radical (unpaired) electrons. The Morgan fingerprint density at radius 1 is 1.54 bits per heavy atom. The van der Waals surface area contributed by atoms with Gasteiger partial charge >= 0.3 is 0 Å². The number of aromatic nitrogens is 2. The molecule has 0 unspecified atom stereocenters. The van der Waals surface area contributed by atoms with Crippen LogP contribution in [-0.2, 0) is 6.42 Å². The molecule has 3 heteroatoms. The molecule has 0 atom stereocenters. The van der Waals surface area contributed by atoms with Crippen LogP contribution in [-0.4, -0.2) is 9.38 Å². The number of pyridine rings is 1. The molecule has 0 bridgehead atoms. The molecule has 0 N–H and O–H groups in total. The highest BCUT2D eigenvalue weighted by atomic mass is 35.5. The van der Waals surface area contributed by atoms with Crippen molar-refractivity contribution in [2.75, 3.05) is 0 Å². The Labute approximate surface area is 82.2 Å². The van der Waals surface area contributed by atoms with Crippen molar-refractivity contribution in [3.63, 3.8) is 0 Å². The number of halogens is 1. The molecular weight excluding hydrogens is 184 g/mol. The maximum absolute atomic E-state index is 5.99. The Bertz CT molecular complexity index is 420. The molecule has 68 valence electrons. The topological polar surface area (TPSA) is 17.3 Å². The van der Waals surface area contributed by atoms with Gasteiger partial charge in [-0.05, 0) is 18.6 Å². The summed E-state index contributed by atoms with van der Waals surface area (Å²) >= 11 is 5.99. The minimum absolute atomic E-state index is 0.713. The van der Waals surface area contributed by atoms with Crippen molar-refractivity contribution in [3.05, 3.63) is 35.2 Å². The van der Waals surface area contributed by atoms with Crippen molar-refractivity contribution in [1.29, 1.82) is 0 Å². The molecule has 0 saturated carbocycles. The minimum Gasteiger partial charge on any atom is -0.306 e. The first-order valence-electron chi connectivity index (χ1n) is 4.43. The molecule has 2 rings (SSSR count). The summed E-state index contributed by atoms with van der Waals surface area (Å²) in [5.74, 6) is 0. The molecule has 2 heterocycles. The van der Waals surface area contributed by atoms with E-state index in [-0.39, 0.29) is 0 Å². The predicted octanol–water partition coefficient (Wildman–Crippen LogP) is 2.94. The lowest BCUT2D eigenvalue weighted by Gasteiger charge is -1.92. The van der Waals surface area contributed by atoms with E-state index in [4.69, 9.17) is 11.6 Å². The SMILES string of the molecule is CCCc1cn2cccc(Cl)c2n1. The second-order valence-corrected chi connectivity index (χ2v) is 3.48. The van der Waals surface area contributed by atoms with Crippen molar-refractivity contribution >= 4 is 17.2 Å². The number of hydrogen-bond acceptors (Lipinski definition) is 1. The van der Waals surface area contributed by atoms with E-state index in [2.05, 4.69) is 11.9 Å². The molecule has 0 amide bonds. The minimum atomic E-state index is 0.713. The van der Waals surface area contributed by atoms with Gasteiger partial charge in [-0.3, -0.25) is 0 Å². The molecule has 0 aromatic carbocycles. The fourth-order valence-corrected chi connectivity index (χ4v) is 1.62. The van der Waals surface area contributed by atoms with E-state index in [1.54, 1.807) is 0 Å². The summed E-state index contributed by atoms with van der Waals surface area (Å²) in [6.45, 7) is 2.14.